The zero-order chi connectivity index (χ0) is 12.2. The van der Waals surface area contributed by atoms with Crippen molar-refractivity contribution in [2.45, 2.75) is 63.8 Å². The summed E-state index contributed by atoms with van der Waals surface area (Å²) in [4.78, 5) is 10.4. The molecule has 1 radical (unpaired) electrons. The van der Waals surface area contributed by atoms with Crippen molar-refractivity contribution in [3.05, 3.63) is 5.73 Å². The summed E-state index contributed by atoms with van der Waals surface area (Å²) in [5.74, 6) is -1.01. The summed E-state index contributed by atoms with van der Waals surface area (Å²) in [6, 6.07) is -0.940. The summed E-state index contributed by atoms with van der Waals surface area (Å²) in [6.07, 6.45) is 9.04. The van der Waals surface area contributed by atoms with Gasteiger partial charge in [-0.15, -0.1) is 0 Å². The molecular weight excluding hydrogens is 433 g/mol. The molecule has 0 saturated carbocycles. The van der Waals surface area contributed by atoms with Gasteiger partial charge in [-0.25, -0.2) is 0 Å². The molecule has 0 aliphatic carbocycles. The topological polar surface area (TPSA) is 81.3 Å². The number of nitrogens with one attached hydrogen (secondary N) is 1. The largest absolute Gasteiger partial charge is 0.665 e. The van der Waals surface area contributed by atoms with Crippen molar-refractivity contribution in [3.63, 3.8) is 0 Å². The minimum absolute atomic E-state index is 0. The first-order chi connectivity index (χ1) is 7.68. The van der Waals surface area contributed by atoms with E-state index in [9.17, 15) is 4.79 Å². The van der Waals surface area contributed by atoms with Crippen molar-refractivity contribution in [2.75, 3.05) is 6.61 Å². The van der Waals surface area contributed by atoms with Gasteiger partial charge < -0.3 is 15.9 Å². The molecule has 0 bridgehead atoms. The first-order valence-corrected chi connectivity index (χ1v) is 6.23. The van der Waals surface area contributed by atoms with Crippen molar-refractivity contribution in [1.82, 2.24) is 0 Å². The number of rotatable bonds is 11. The first kappa shape index (κ1) is 20.2. The minimum atomic E-state index is -1.01. The van der Waals surface area contributed by atoms with Gasteiger partial charge in [0.05, 0.1) is 0 Å². The summed E-state index contributed by atoms with van der Waals surface area (Å²) in [5, 5.41) is 17.1. The van der Waals surface area contributed by atoms with E-state index in [1.165, 1.54) is 19.3 Å². The molecule has 3 N–H and O–H groups in total. The Labute approximate surface area is 140 Å². The van der Waals surface area contributed by atoms with Gasteiger partial charge in [0.1, 0.15) is 0 Å². The zero-order valence-electron chi connectivity index (χ0n) is 10.5. The van der Waals surface area contributed by atoms with E-state index >= 15 is 0 Å². The van der Waals surface area contributed by atoms with E-state index in [1.807, 2.05) is 0 Å². The number of aliphatic hydroxyl groups is 1. The summed E-state index contributed by atoms with van der Waals surface area (Å²) in [7, 11) is 0. The molecule has 99 valence electrons. The van der Waals surface area contributed by atoms with Crippen LogP contribution < -0.4 is 0 Å². The van der Waals surface area contributed by atoms with E-state index in [1.54, 1.807) is 0 Å². The molecule has 1 atom stereocenters. The normalized spacial score (nSPS) is 11.9. The van der Waals surface area contributed by atoms with Crippen LogP contribution in [0.25, 0.3) is 5.73 Å². The van der Waals surface area contributed by atoms with Crippen LogP contribution in [0.3, 0.4) is 0 Å². The second kappa shape index (κ2) is 14.9. The van der Waals surface area contributed by atoms with Gasteiger partial charge in [0.2, 0.25) is 0 Å². The average molecular weight is 457 g/mol. The number of aliphatic carboxylic acids is 1. The van der Waals surface area contributed by atoms with Crippen molar-refractivity contribution in [1.29, 1.82) is 0 Å². The number of carboxylic acid groups (broad SMARTS) is 1. The Morgan fingerprint density at radius 1 is 0.941 bits per heavy atom. The van der Waals surface area contributed by atoms with Crippen LogP contribution in [-0.4, -0.2) is 28.8 Å². The average Bonchev–Trinajstić information content (AvgIpc) is 2.26. The second-order valence-corrected chi connectivity index (χ2v) is 4.23. The Balaban J connectivity index is 0. The molecule has 5 heteroatoms. The van der Waals surface area contributed by atoms with Gasteiger partial charge in [0, 0.05) is 50.7 Å². The molecule has 0 aromatic heterocycles. The molecule has 0 aliphatic rings. The Morgan fingerprint density at radius 2 is 1.35 bits per heavy atom. The molecule has 0 aromatic rings. The molecular formula is C12H24AcNO3-. The van der Waals surface area contributed by atoms with Crippen LogP contribution in [0.1, 0.15) is 57.8 Å². The SMILES string of the molecule is [Ac].[NH-]C(CCCCCCCCCCO)C(=O)O. The van der Waals surface area contributed by atoms with Crippen LogP contribution in [0.2, 0.25) is 0 Å². The van der Waals surface area contributed by atoms with Gasteiger partial charge in [-0.1, -0.05) is 51.4 Å². The molecule has 17 heavy (non-hydrogen) atoms. The number of aliphatic hydroxyl groups excluding tert-OH is 1. The fourth-order valence-corrected chi connectivity index (χ4v) is 1.64. The van der Waals surface area contributed by atoms with Crippen molar-refractivity contribution < 1.29 is 59.1 Å². The third kappa shape index (κ3) is 14.8. The number of carbonyl (C=O) groups is 1. The van der Waals surface area contributed by atoms with Crippen LogP contribution in [0.5, 0.6) is 0 Å². The summed E-state index contributed by atoms with van der Waals surface area (Å²) in [6.45, 7) is 0.292. The molecule has 0 rings (SSSR count). The van der Waals surface area contributed by atoms with Gasteiger partial charge in [0.25, 0.3) is 5.97 Å². The Bertz CT molecular complexity index is 179. The Hall–Kier alpha value is 0.832. The van der Waals surface area contributed by atoms with E-state index in [-0.39, 0.29) is 44.1 Å². The maximum Gasteiger partial charge on any atom is 0.285 e. The quantitative estimate of drug-likeness (QED) is 0.468. The molecule has 0 saturated heterocycles. The smallest absolute Gasteiger partial charge is 0.285 e. The van der Waals surface area contributed by atoms with Crippen LogP contribution in [0.15, 0.2) is 0 Å². The van der Waals surface area contributed by atoms with Crippen LogP contribution in [0, 0.1) is 44.1 Å². The Kier molecular flexibility index (Phi) is 17.7. The molecule has 0 spiro atoms. The number of carboxylic acids is 1. The van der Waals surface area contributed by atoms with E-state index < -0.39 is 12.0 Å². The van der Waals surface area contributed by atoms with Crippen molar-refractivity contribution >= 4 is 5.97 Å². The molecule has 1 unspecified atom stereocenters. The van der Waals surface area contributed by atoms with Gasteiger partial charge in [-0.3, -0.25) is 4.79 Å². The third-order valence-corrected chi connectivity index (χ3v) is 2.70. The monoisotopic (exact) mass is 457 g/mol. The van der Waals surface area contributed by atoms with E-state index in [0.29, 0.717) is 13.0 Å². The van der Waals surface area contributed by atoms with Crippen molar-refractivity contribution in [3.8, 4) is 0 Å². The minimum Gasteiger partial charge on any atom is -0.665 e. The van der Waals surface area contributed by atoms with Gasteiger partial charge in [-0.05, 0) is 12.5 Å². The van der Waals surface area contributed by atoms with Crippen LogP contribution in [-0.2, 0) is 4.79 Å². The van der Waals surface area contributed by atoms with Crippen LogP contribution in [0.4, 0.5) is 0 Å². The van der Waals surface area contributed by atoms with E-state index in [0.717, 1.165) is 32.1 Å². The fourth-order valence-electron chi connectivity index (χ4n) is 1.64. The zero-order valence-corrected chi connectivity index (χ0v) is 15.3. The predicted octanol–water partition coefficient (Wildman–Crippen LogP) is 3.00. The molecule has 0 heterocycles. The van der Waals surface area contributed by atoms with Gasteiger partial charge in [-0.2, -0.15) is 0 Å². The maximum atomic E-state index is 10.4. The molecule has 4 nitrogen and oxygen atoms in total. The molecule has 0 fully saturated rings. The molecule has 0 aromatic carbocycles. The molecule has 0 amide bonds. The number of unbranched alkanes of at least 4 members (excludes halogenated alkanes) is 7. The number of hydrogen-bond donors (Lipinski definition) is 2. The Morgan fingerprint density at radius 3 is 1.76 bits per heavy atom. The second-order valence-electron chi connectivity index (χ2n) is 4.23. The predicted molar refractivity (Wildman–Crippen MR) is 64.4 cm³/mol. The van der Waals surface area contributed by atoms with Gasteiger partial charge >= 0.3 is 0 Å². The standard InChI is InChI=1S/C12H24NO3.Ac/c13-11(12(15)16)9-7-5-3-1-2-4-6-8-10-14;/h11,13-14H,1-10H2,(H,15,16);/q-1;. The summed E-state index contributed by atoms with van der Waals surface area (Å²) in [5.41, 5.74) is 7.20. The molecule has 0 aliphatic heterocycles. The van der Waals surface area contributed by atoms with E-state index in [4.69, 9.17) is 15.9 Å². The van der Waals surface area contributed by atoms with Crippen molar-refractivity contribution in [2.24, 2.45) is 0 Å². The number of hydrogen-bond acceptors (Lipinski definition) is 2. The van der Waals surface area contributed by atoms with E-state index in [2.05, 4.69) is 0 Å². The summed E-state index contributed by atoms with van der Waals surface area (Å²) >= 11 is 0. The summed E-state index contributed by atoms with van der Waals surface area (Å²) < 4.78 is 0. The first-order valence-electron chi connectivity index (χ1n) is 6.23. The fraction of sp³-hybridized carbons (Fsp3) is 0.917. The third-order valence-electron chi connectivity index (χ3n) is 2.70. The van der Waals surface area contributed by atoms with Crippen LogP contribution >= 0.6 is 0 Å². The van der Waals surface area contributed by atoms with Gasteiger partial charge in [0.15, 0.2) is 0 Å². The maximum absolute atomic E-state index is 10.4.